The molecule has 0 unspecified atom stereocenters. The molecule has 2 rings (SSSR count). The van der Waals surface area contributed by atoms with Crippen LogP contribution in [0.2, 0.25) is 0 Å². The zero-order valence-electron chi connectivity index (χ0n) is 14.7. The van der Waals surface area contributed by atoms with Gasteiger partial charge in [-0.2, -0.15) is 12.8 Å². The van der Waals surface area contributed by atoms with E-state index in [4.69, 9.17) is 0 Å². The highest BCUT2D eigenvalue weighted by atomic mass is 35.5. The third-order valence-electron chi connectivity index (χ3n) is 3.86. The fourth-order valence-corrected chi connectivity index (χ4v) is 3.48. The quantitative estimate of drug-likeness (QED) is 0.284. The Kier molecular flexibility index (Phi) is 8.13. The van der Waals surface area contributed by atoms with Gasteiger partial charge in [-0.1, -0.05) is 5.57 Å². The molecule has 1 saturated heterocycles. The van der Waals surface area contributed by atoms with Gasteiger partial charge in [-0.25, -0.2) is 0 Å². The van der Waals surface area contributed by atoms with Crippen LogP contribution < -0.4 is 17.3 Å². The Labute approximate surface area is 159 Å². The number of nitrogens with zero attached hydrogens (tertiary/aromatic N) is 2. The summed E-state index contributed by atoms with van der Waals surface area (Å²) in [5, 5.41) is 10.6. The number of halogens is 1. The van der Waals surface area contributed by atoms with Gasteiger partial charge in [0.25, 0.3) is 15.7 Å². The molecule has 0 bridgehead atoms. The van der Waals surface area contributed by atoms with Crippen LogP contribution in [-0.2, 0) is 10.0 Å². The molecule has 1 aliphatic heterocycles. The van der Waals surface area contributed by atoms with Crippen molar-refractivity contribution >= 4 is 21.9 Å². The molecule has 1 aromatic rings. The number of non-ortho nitro benzene ring substituents is 1. The van der Waals surface area contributed by atoms with E-state index in [-0.39, 0.29) is 23.0 Å². The van der Waals surface area contributed by atoms with Crippen LogP contribution in [0, 0.1) is 10.1 Å². The Bertz CT molecular complexity index is 820. The van der Waals surface area contributed by atoms with Crippen molar-refractivity contribution in [3.63, 3.8) is 0 Å². The Hall–Kier alpha value is -2.03. The summed E-state index contributed by atoms with van der Waals surface area (Å²) in [5.41, 5.74) is 1.99. The van der Waals surface area contributed by atoms with E-state index in [1.165, 1.54) is 23.2 Å². The van der Waals surface area contributed by atoms with Crippen LogP contribution in [0.5, 0.6) is 0 Å². The van der Waals surface area contributed by atoms with Crippen LogP contribution in [-0.4, -0.2) is 32.6 Å². The Morgan fingerprint density at radius 2 is 1.77 bits per heavy atom. The molecule has 0 spiro atoms. The first-order chi connectivity index (χ1) is 11.8. The van der Waals surface area contributed by atoms with E-state index < -0.39 is 14.9 Å². The third-order valence-corrected chi connectivity index (χ3v) is 5.13. The minimum atomic E-state index is -3.88. The van der Waals surface area contributed by atoms with Crippen LogP contribution >= 0.6 is 0 Å². The van der Waals surface area contributed by atoms with E-state index >= 15 is 0 Å². The van der Waals surface area contributed by atoms with Gasteiger partial charge in [0, 0.05) is 37.3 Å². The molecule has 9 heteroatoms. The van der Waals surface area contributed by atoms with Gasteiger partial charge in [0.15, 0.2) is 0 Å². The molecule has 1 aliphatic rings. The lowest BCUT2D eigenvalue weighted by atomic mass is 10.2. The minimum absolute atomic E-state index is 0. The van der Waals surface area contributed by atoms with Crippen LogP contribution in [0.4, 0.5) is 5.69 Å². The van der Waals surface area contributed by atoms with Crippen molar-refractivity contribution in [2.75, 3.05) is 13.1 Å². The summed E-state index contributed by atoms with van der Waals surface area (Å²) in [6.45, 7) is 6.04. The number of benzene rings is 1. The molecule has 0 saturated carbocycles. The molecule has 142 valence electrons. The number of sulfonamides is 1. The first-order valence-corrected chi connectivity index (χ1v) is 9.48. The average Bonchev–Trinajstić information content (AvgIpc) is 3.08. The summed E-state index contributed by atoms with van der Waals surface area (Å²) in [5.74, 6) is 0. The molecule has 0 aliphatic carbocycles. The second-order valence-electron chi connectivity index (χ2n) is 6.13. The number of allylic oxidation sites excluding steroid dienone is 3. The van der Waals surface area contributed by atoms with Crippen molar-refractivity contribution in [2.24, 2.45) is 4.40 Å². The number of hydrogen-bond donors (Lipinski definition) is 1. The number of rotatable bonds is 6. The standard InChI is InChI=1S/C17H21N3O4S.ClH/c1-14(2)13-16(19-11-3-4-12-19)9-10-18-25(23,24)17-7-5-15(6-8-17)20(21)22;/h5-10,13H,3-4,11-12H2,1-2H3;1H/b16-9+,18-10+;. The lowest BCUT2D eigenvalue weighted by molar-refractivity contribution is -0.843. The first-order valence-electron chi connectivity index (χ1n) is 8.04. The highest BCUT2D eigenvalue weighted by Gasteiger charge is 2.19. The minimum Gasteiger partial charge on any atom is -1.00 e. The SMILES string of the molecule is CC(C)=C/C(=C\C=N\S(=O)(=O)c1ccc([N+](=O)[O-])cc1)[NH+]1CCCC1.[Cl-]. The molecule has 0 aromatic heterocycles. The Balaban J connectivity index is 0.00000338. The van der Waals surface area contributed by atoms with Gasteiger partial charge in [-0.05, 0) is 32.1 Å². The highest BCUT2D eigenvalue weighted by molar-refractivity contribution is 7.90. The lowest BCUT2D eigenvalue weighted by Crippen LogP contribution is -3.07. The normalized spacial score (nSPS) is 15.7. The molecule has 1 fully saturated rings. The van der Waals surface area contributed by atoms with Crippen molar-refractivity contribution in [1.29, 1.82) is 0 Å². The van der Waals surface area contributed by atoms with Gasteiger partial charge < -0.3 is 17.3 Å². The van der Waals surface area contributed by atoms with Crippen LogP contribution in [0.25, 0.3) is 0 Å². The maximum atomic E-state index is 12.2. The summed E-state index contributed by atoms with van der Waals surface area (Å²) in [4.78, 5) is 11.3. The number of quaternary nitrogens is 1. The van der Waals surface area contributed by atoms with E-state index in [1.54, 1.807) is 6.08 Å². The Morgan fingerprint density at radius 1 is 1.19 bits per heavy atom. The summed E-state index contributed by atoms with van der Waals surface area (Å²) < 4.78 is 28.1. The van der Waals surface area contributed by atoms with E-state index in [1.807, 2.05) is 19.9 Å². The largest absolute Gasteiger partial charge is 1.00 e. The summed E-state index contributed by atoms with van der Waals surface area (Å²) >= 11 is 0. The molecule has 26 heavy (non-hydrogen) atoms. The van der Waals surface area contributed by atoms with Crippen molar-refractivity contribution in [3.05, 3.63) is 57.8 Å². The number of likely N-dealkylation sites (tertiary alicyclic amines) is 1. The average molecular weight is 400 g/mol. The van der Waals surface area contributed by atoms with Gasteiger partial charge >= 0.3 is 0 Å². The van der Waals surface area contributed by atoms with E-state index in [9.17, 15) is 18.5 Å². The number of nitro benzene ring substituents is 1. The van der Waals surface area contributed by atoms with Crippen molar-refractivity contribution in [2.45, 2.75) is 31.6 Å². The molecular formula is C17H22ClN3O4S. The first kappa shape index (κ1) is 22.0. The fourth-order valence-electron chi connectivity index (χ4n) is 2.66. The van der Waals surface area contributed by atoms with Gasteiger partial charge in [0.2, 0.25) is 0 Å². The predicted octanol–water partition coefficient (Wildman–Crippen LogP) is -1.11. The van der Waals surface area contributed by atoms with Gasteiger partial charge in [0.1, 0.15) is 5.70 Å². The molecule has 1 aromatic carbocycles. The maximum absolute atomic E-state index is 12.2. The van der Waals surface area contributed by atoms with Crippen LogP contribution in [0.1, 0.15) is 26.7 Å². The van der Waals surface area contributed by atoms with Crippen LogP contribution in [0.3, 0.4) is 0 Å². The number of hydrogen-bond acceptors (Lipinski definition) is 4. The second kappa shape index (κ2) is 9.61. The fraction of sp³-hybridized carbons (Fsp3) is 0.353. The highest BCUT2D eigenvalue weighted by Crippen LogP contribution is 2.17. The Morgan fingerprint density at radius 3 is 2.27 bits per heavy atom. The van der Waals surface area contributed by atoms with Crippen LogP contribution in [0.15, 0.2) is 57.0 Å². The number of nitrogens with one attached hydrogen (secondary N) is 1. The molecule has 7 nitrogen and oxygen atoms in total. The van der Waals surface area contributed by atoms with Crippen molar-refractivity contribution in [1.82, 2.24) is 0 Å². The molecule has 0 atom stereocenters. The molecule has 1 N–H and O–H groups in total. The second-order valence-corrected chi connectivity index (χ2v) is 7.77. The molecule has 0 amide bonds. The molecular weight excluding hydrogens is 378 g/mol. The van der Waals surface area contributed by atoms with Gasteiger partial charge in [-0.15, -0.1) is 0 Å². The third kappa shape index (κ3) is 6.05. The topological polar surface area (TPSA) is 94.1 Å². The zero-order valence-corrected chi connectivity index (χ0v) is 16.3. The van der Waals surface area contributed by atoms with Gasteiger partial charge in [-0.3, -0.25) is 10.1 Å². The number of nitro groups is 1. The van der Waals surface area contributed by atoms with Crippen molar-refractivity contribution in [3.8, 4) is 0 Å². The van der Waals surface area contributed by atoms with Gasteiger partial charge in [0.05, 0.1) is 22.9 Å². The molecule has 0 radical (unpaired) electrons. The van der Waals surface area contributed by atoms with Crippen molar-refractivity contribution < 1.29 is 30.6 Å². The smallest absolute Gasteiger partial charge is 0.282 e. The summed E-state index contributed by atoms with van der Waals surface area (Å²) in [6, 6.07) is 4.69. The zero-order chi connectivity index (χ0) is 18.4. The summed E-state index contributed by atoms with van der Waals surface area (Å²) in [7, 11) is -3.88. The van der Waals surface area contributed by atoms with E-state index in [0.717, 1.165) is 49.3 Å². The van der Waals surface area contributed by atoms with E-state index in [0.29, 0.717) is 0 Å². The summed E-state index contributed by atoms with van der Waals surface area (Å²) in [6.07, 6.45) is 7.35. The maximum Gasteiger partial charge on any atom is 0.282 e. The van der Waals surface area contributed by atoms with E-state index in [2.05, 4.69) is 4.40 Å². The lowest BCUT2D eigenvalue weighted by Gasteiger charge is -2.12. The predicted molar refractivity (Wildman–Crippen MR) is 96.2 cm³/mol. The monoisotopic (exact) mass is 399 g/mol. The molecule has 1 heterocycles.